The number of nitrogens with one attached hydrogen (secondary N) is 1. The molecule has 4 rings (SSSR count). The van der Waals surface area contributed by atoms with Crippen LogP contribution in [0.5, 0.6) is 0 Å². The predicted molar refractivity (Wildman–Crippen MR) is 114 cm³/mol. The fourth-order valence-electron chi connectivity index (χ4n) is 3.20. The fraction of sp³-hybridized carbons (Fsp3) is 0.0909. The molecule has 30 heavy (non-hydrogen) atoms. The largest absolute Gasteiger partial charge is 0.465 e. The Kier molecular flexibility index (Phi) is 5.20. The standard InChI is InChI=1S/C22H17ClN4O3/c1-13-20(25-26-27(13)19-10-6-5-9-17(19)23)21(28)24-18-12-15-8-4-3-7-14(15)11-16(18)22(29)30-2/h3-12H,1-2H3,(H,24,28). The lowest BCUT2D eigenvalue weighted by Gasteiger charge is -2.11. The van der Waals surface area contributed by atoms with Crippen LogP contribution in [0.25, 0.3) is 16.5 Å². The first kappa shape index (κ1) is 19.6. The molecular weight excluding hydrogens is 404 g/mol. The third-order valence-electron chi connectivity index (χ3n) is 4.73. The lowest BCUT2D eigenvalue weighted by molar-refractivity contribution is 0.0602. The van der Waals surface area contributed by atoms with Crippen molar-refractivity contribution in [2.75, 3.05) is 12.4 Å². The summed E-state index contributed by atoms with van der Waals surface area (Å²) in [4.78, 5) is 25.2. The van der Waals surface area contributed by atoms with Gasteiger partial charge in [-0.15, -0.1) is 5.10 Å². The number of amides is 1. The first-order chi connectivity index (χ1) is 14.5. The van der Waals surface area contributed by atoms with Crippen LogP contribution < -0.4 is 5.32 Å². The predicted octanol–water partition coefficient (Wildman–Crippen LogP) is 4.42. The zero-order chi connectivity index (χ0) is 21.3. The number of carbonyl (C=O) groups excluding carboxylic acids is 2. The highest BCUT2D eigenvalue weighted by atomic mass is 35.5. The number of rotatable bonds is 4. The van der Waals surface area contributed by atoms with Gasteiger partial charge in [-0.1, -0.05) is 53.2 Å². The van der Waals surface area contributed by atoms with Crippen molar-refractivity contribution < 1.29 is 14.3 Å². The van der Waals surface area contributed by atoms with Gasteiger partial charge in [0.05, 0.1) is 34.8 Å². The number of aromatic nitrogens is 3. The Morgan fingerprint density at radius 3 is 2.40 bits per heavy atom. The first-order valence-electron chi connectivity index (χ1n) is 9.09. The molecule has 0 fully saturated rings. The molecule has 0 aliphatic heterocycles. The molecule has 150 valence electrons. The fourth-order valence-corrected chi connectivity index (χ4v) is 3.41. The van der Waals surface area contributed by atoms with E-state index in [1.807, 2.05) is 30.3 Å². The quantitative estimate of drug-likeness (QED) is 0.494. The van der Waals surface area contributed by atoms with Crippen molar-refractivity contribution in [3.05, 3.63) is 82.6 Å². The number of benzene rings is 3. The summed E-state index contributed by atoms with van der Waals surface area (Å²) in [5.74, 6) is -1.04. The van der Waals surface area contributed by atoms with Crippen molar-refractivity contribution in [3.8, 4) is 5.69 Å². The molecule has 1 N–H and O–H groups in total. The number of anilines is 1. The molecule has 0 saturated carbocycles. The van der Waals surface area contributed by atoms with E-state index >= 15 is 0 Å². The van der Waals surface area contributed by atoms with Gasteiger partial charge in [0, 0.05) is 0 Å². The highest BCUT2D eigenvalue weighted by Gasteiger charge is 2.21. The highest BCUT2D eigenvalue weighted by Crippen LogP contribution is 2.26. The van der Waals surface area contributed by atoms with E-state index in [1.54, 1.807) is 37.3 Å². The maximum atomic E-state index is 13.0. The summed E-state index contributed by atoms with van der Waals surface area (Å²) in [7, 11) is 1.29. The summed E-state index contributed by atoms with van der Waals surface area (Å²) in [6, 6.07) is 18.1. The van der Waals surface area contributed by atoms with Crippen molar-refractivity contribution >= 4 is 39.9 Å². The minimum Gasteiger partial charge on any atom is -0.465 e. The molecule has 0 unspecified atom stereocenters. The Labute approximate surface area is 177 Å². The molecule has 0 aliphatic carbocycles. The monoisotopic (exact) mass is 420 g/mol. The Morgan fingerprint density at radius 2 is 1.70 bits per heavy atom. The Balaban J connectivity index is 1.72. The van der Waals surface area contributed by atoms with Crippen LogP contribution in [-0.2, 0) is 4.74 Å². The number of nitrogens with zero attached hydrogens (tertiary/aromatic N) is 3. The minimum absolute atomic E-state index is 0.124. The van der Waals surface area contributed by atoms with Gasteiger partial charge in [0.2, 0.25) is 0 Å². The number of esters is 1. The third-order valence-corrected chi connectivity index (χ3v) is 5.05. The van der Waals surface area contributed by atoms with E-state index in [1.165, 1.54) is 11.8 Å². The van der Waals surface area contributed by atoms with E-state index in [9.17, 15) is 9.59 Å². The topological polar surface area (TPSA) is 86.1 Å². The highest BCUT2D eigenvalue weighted by molar-refractivity contribution is 6.32. The van der Waals surface area contributed by atoms with Crippen molar-refractivity contribution in [1.29, 1.82) is 0 Å². The molecular formula is C22H17ClN4O3. The molecule has 1 heterocycles. The van der Waals surface area contributed by atoms with Crippen LogP contribution in [0.4, 0.5) is 5.69 Å². The summed E-state index contributed by atoms with van der Waals surface area (Å²) in [5, 5.41) is 13.1. The van der Waals surface area contributed by atoms with Gasteiger partial charge in [0.1, 0.15) is 0 Å². The Morgan fingerprint density at radius 1 is 1.03 bits per heavy atom. The number of fused-ring (bicyclic) bond motifs is 1. The van der Waals surface area contributed by atoms with Gasteiger partial charge >= 0.3 is 5.97 Å². The molecule has 3 aromatic carbocycles. The molecule has 4 aromatic rings. The summed E-state index contributed by atoms with van der Waals surface area (Å²) < 4.78 is 6.37. The number of methoxy groups -OCH3 is 1. The number of ether oxygens (including phenoxy) is 1. The van der Waals surface area contributed by atoms with Gasteiger partial charge in [-0.05, 0) is 42.0 Å². The Bertz CT molecular complexity index is 1280. The number of halogens is 1. The maximum Gasteiger partial charge on any atom is 0.339 e. The van der Waals surface area contributed by atoms with E-state index in [0.29, 0.717) is 22.1 Å². The van der Waals surface area contributed by atoms with Crippen LogP contribution >= 0.6 is 11.6 Å². The number of para-hydroxylation sites is 1. The lowest BCUT2D eigenvalue weighted by atomic mass is 10.0. The number of hydrogen-bond acceptors (Lipinski definition) is 5. The van der Waals surface area contributed by atoms with Crippen LogP contribution in [0.3, 0.4) is 0 Å². The molecule has 0 atom stereocenters. The van der Waals surface area contributed by atoms with Gasteiger partial charge in [-0.2, -0.15) is 0 Å². The second kappa shape index (κ2) is 7.96. The molecule has 0 radical (unpaired) electrons. The molecule has 0 bridgehead atoms. The average molecular weight is 421 g/mol. The van der Waals surface area contributed by atoms with Gasteiger partial charge < -0.3 is 10.1 Å². The van der Waals surface area contributed by atoms with Crippen molar-refractivity contribution in [2.24, 2.45) is 0 Å². The van der Waals surface area contributed by atoms with Crippen LogP contribution in [0.2, 0.25) is 5.02 Å². The molecule has 0 spiro atoms. The molecule has 7 nitrogen and oxygen atoms in total. The third kappa shape index (κ3) is 3.51. The van der Waals surface area contributed by atoms with E-state index in [2.05, 4.69) is 15.6 Å². The summed E-state index contributed by atoms with van der Waals surface area (Å²) in [6.45, 7) is 1.72. The molecule has 0 saturated heterocycles. The molecule has 1 amide bonds. The van der Waals surface area contributed by atoms with Crippen molar-refractivity contribution in [2.45, 2.75) is 6.92 Å². The molecule has 0 aliphatic rings. The van der Waals surface area contributed by atoms with Gasteiger partial charge in [-0.3, -0.25) is 4.79 Å². The van der Waals surface area contributed by atoms with E-state index in [-0.39, 0.29) is 11.3 Å². The normalized spacial score (nSPS) is 10.8. The maximum absolute atomic E-state index is 13.0. The first-order valence-corrected chi connectivity index (χ1v) is 9.47. The van der Waals surface area contributed by atoms with Gasteiger partial charge in [0.25, 0.3) is 5.91 Å². The van der Waals surface area contributed by atoms with Crippen LogP contribution in [-0.4, -0.2) is 34.0 Å². The van der Waals surface area contributed by atoms with E-state index < -0.39 is 11.9 Å². The van der Waals surface area contributed by atoms with Gasteiger partial charge in [-0.25, -0.2) is 9.48 Å². The van der Waals surface area contributed by atoms with E-state index in [4.69, 9.17) is 16.3 Å². The van der Waals surface area contributed by atoms with E-state index in [0.717, 1.165) is 10.8 Å². The van der Waals surface area contributed by atoms with Crippen LogP contribution in [0, 0.1) is 6.92 Å². The van der Waals surface area contributed by atoms with Crippen LogP contribution in [0.1, 0.15) is 26.5 Å². The second-order valence-electron chi connectivity index (χ2n) is 6.58. The summed E-state index contributed by atoms with van der Waals surface area (Å²) in [6.07, 6.45) is 0. The number of carbonyl (C=O) groups is 2. The lowest BCUT2D eigenvalue weighted by Crippen LogP contribution is -2.17. The van der Waals surface area contributed by atoms with Crippen molar-refractivity contribution in [1.82, 2.24) is 15.0 Å². The smallest absolute Gasteiger partial charge is 0.339 e. The summed E-state index contributed by atoms with van der Waals surface area (Å²) >= 11 is 6.24. The van der Waals surface area contributed by atoms with Crippen molar-refractivity contribution in [3.63, 3.8) is 0 Å². The zero-order valence-electron chi connectivity index (χ0n) is 16.2. The minimum atomic E-state index is -0.549. The second-order valence-corrected chi connectivity index (χ2v) is 6.98. The average Bonchev–Trinajstić information content (AvgIpc) is 3.14. The van der Waals surface area contributed by atoms with Gasteiger partial charge in [0.15, 0.2) is 5.69 Å². The SMILES string of the molecule is COC(=O)c1cc2ccccc2cc1NC(=O)c1nnn(-c2ccccc2Cl)c1C. The zero-order valence-corrected chi connectivity index (χ0v) is 17.0. The summed E-state index contributed by atoms with van der Waals surface area (Å²) in [5.41, 5.74) is 1.84. The van der Waals surface area contributed by atoms with Crippen LogP contribution in [0.15, 0.2) is 60.7 Å². The molecule has 1 aromatic heterocycles. The number of hydrogen-bond donors (Lipinski definition) is 1. The Hall–Kier alpha value is -3.71. The molecule has 8 heteroatoms.